The van der Waals surface area contributed by atoms with Crippen LogP contribution in [0, 0.1) is 12.8 Å². The Hall–Kier alpha value is -1.93. The molecule has 132 valence electrons. The Balaban J connectivity index is 2.07. The fourth-order valence-corrected chi connectivity index (χ4v) is 4.00. The van der Waals surface area contributed by atoms with Crippen LogP contribution in [-0.4, -0.2) is 48.5 Å². The Morgan fingerprint density at radius 2 is 2.08 bits per heavy atom. The van der Waals surface area contributed by atoms with Gasteiger partial charge in [0.05, 0.1) is 17.2 Å². The topological polar surface area (TPSA) is 104 Å². The molecule has 0 radical (unpaired) electrons. The van der Waals surface area contributed by atoms with Crippen molar-refractivity contribution in [3.63, 3.8) is 0 Å². The molecule has 1 heterocycles. The van der Waals surface area contributed by atoms with Crippen LogP contribution < -0.4 is 5.32 Å². The first-order valence-electron chi connectivity index (χ1n) is 7.87. The van der Waals surface area contributed by atoms with Crippen molar-refractivity contribution < 1.29 is 23.1 Å². The number of carbonyl (C=O) groups is 2. The van der Waals surface area contributed by atoms with Gasteiger partial charge in [0.25, 0.3) is 0 Å². The van der Waals surface area contributed by atoms with E-state index in [0.717, 1.165) is 0 Å². The number of carboxylic acids is 1. The van der Waals surface area contributed by atoms with Gasteiger partial charge in [0.2, 0.25) is 15.9 Å². The molecule has 1 aliphatic heterocycles. The highest BCUT2D eigenvalue weighted by Gasteiger charge is 2.31. The number of sulfonamides is 1. The minimum absolute atomic E-state index is 0.0250. The molecule has 0 spiro atoms. The lowest BCUT2D eigenvalue weighted by Crippen LogP contribution is -2.44. The van der Waals surface area contributed by atoms with Crippen LogP contribution in [0.3, 0.4) is 0 Å². The fraction of sp³-hybridized carbons (Fsp3) is 0.500. The fourth-order valence-electron chi connectivity index (χ4n) is 2.82. The van der Waals surface area contributed by atoms with Crippen molar-refractivity contribution in [1.82, 2.24) is 4.31 Å². The largest absolute Gasteiger partial charge is 0.478 e. The van der Waals surface area contributed by atoms with Crippen LogP contribution in [0.4, 0.5) is 5.69 Å². The van der Waals surface area contributed by atoms with Crippen LogP contribution in [0.1, 0.15) is 35.7 Å². The first-order chi connectivity index (χ1) is 11.2. The molecule has 1 aliphatic rings. The number of piperidine rings is 1. The van der Waals surface area contributed by atoms with Crippen molar-refractivity contribution in [3.8, 4) is 0 Å². The predicted molar refractivity (Wildman–Crippen MR) is 90.5 cm³/mol. The van der Waals surface area contributed by atoms with Gasteiger partial charge in [0.1, 0.15) is 0 Å². The molecule has 0 aliphatic carbocycles. The average Bonchev–Trinajstić information content (AvgIpc) is 2.54. The van der Waals surface area contributed by atoms with Gasteiger partial charge in [-0.05, 0) is 50.5 Å². The van der Waals surface area contributed by atoms with Gasteiger partial charge >= 0.3 is 5.97 Å². The Labute approximate surface area is 141 Å². The van der Waals surface area contributed by atoms with E-state index in [0.29, 0.717) is 30.6 Å². The number of aromatic carboxylic acids is 1. The number of amides is 1. The van der Waals surface area contributed by atoms with Crippen LogP contribution in [-0.2, 0) is 14.8 Å². The van der Waals surface area contributed by atoms with Crippen LogP contribution >= 0.6 is 0 Å². The van der Waals surface area contributed by atoms with Gasteiger partial charge in [-0.15, -0.1) is 0 Å². The second kappa shape index (κ2) is 7.31. The molecule has 1 atom stereocenters. The molecule has 8 heteroatoms. The highest BCUT2D eigenvalue weighted by molar-refractivity contribution is 7.89. The number of anilines is 1. The van der Waals surface area contributed by atoms with Gasteiger partial charge in [0, 0.05) is 18.8 Å². The van der Waals surface area contributed by atoms with Gasteiger partial charge in [-0.1, -0.05) is 0 Å². The third kappa shape index (κ3) is 4.12. The van der Waals surface area contributed by atoms with E-state index in [4.69, 9.17) is 5.11 Å². The quantitative estimate of drug-likeness (QED) is 0.837. The number of benzene rings is 1. The summed E-state index contributed by atoms with van der Waals surface area (Å²) in [5.74, 6) is -1.64. The Kier molecular flexibility index (Phi) is 5.61. The van der Waals surface area contributed by atoms with Crippen molar-refractivity contribution in [2.45, 2.75) is 26.7 Å². The highest BCUT2D eigenvalue weighted by atomic mass is 32.2. The monoisotopic (exact) mass is 354 g/mol. The lowest BCUT2D eigenvalue weighted by Gasteiger charge is -2.30. The number of hydrogen-bond acceptors (Lipinski definition) is 4. The molecule has 1 aromatic rings. The van der Waals surface area contributed by atoms with E-state index in [9.17, 15) is 18.0 Å². The van der Waals surface area contributed by atoms with E-state index in [-0.39, 0.29) is 23.8 Å². The average molecular weight is 354 g/mol. The summed E-state index contributed by atoms with van der Waals surface area (Å²) in [6, 6.07) is 4.59. The number of nitrogens with zero attached hydrogens (tertiary/aromatic N) is 1. The second-order valence-electron chi connectivity index (χ2n) is 5.92. The number of hydrogen-bond donors (Lipinski definition) is 2. The van der Waals surface area contributed by atoms with Crippen LogP contribution in [0.15, 0.2) is 18.2 Å². The van der Waals surface area contributed by atoms with Gasteiger partial charge in [-0.25, -0.2) is 17.5 Å². The van der Waals surface area contributed by atoms with Crippen molar-refractivity contribution in [3.05, 3.63) is 29.3 Å². The molecule has 1 amide bonds. The minimum Gasteiger partial charge on any atom is -0.478 e. The summed E-state index contributed by atoms with van der Waals surface area (Å²) in [5, 5.41) is 11.8. The molecule has 1 unspecified atom stereocenters. The summed E-state index contributed by atoms with van der Waals surface area (Å²) in [7, 11) is -3.29. The number of nitrogens with one attached hydrogen (secondary N) is 1. The van der Waals surface area contributed by atoms with Gasteiger partial charge < -0.3 is 10.4 Å². The minimum atomic E-state index is -3.29. The molecule has 2 N–H and O–H groups in total. The summed E-state index contributed by atoms with van der Waals surface area (Å²) in [5.41, 5.74) is 1.25. The second-order valence-corrected chi connectivity index (χ2v) is 8.18. The van der Waals surface area contributed by atoms with E-state index in [2.05, 4.69) is 5.32 Å². The molecule has 0 saturated carbocycles. The number of rotatable bonds is 5. The van der Waals surface area contributed by atoms with Gasteiger partial charge in [0.15, 0.2) is 0 Å². The lowest BCUT2D eigenvalue weighted by atomic mass is 9.98. The zero-order valence-electron chi connectivity index (χ0n) is 13.8. The first kappa shape index (κ1) is 18.4. The number of carbonyl (C=O) groups excluding carboxylic acids is 1. The zero-order chi connectivity index (χ0) is 17.9. The molecular formula is C16H22N2O5S. The summed E-state index contributed by atoms with van der Waals surface area (Å²) < 4.78 is 25.3. The van der Waals surface area contributed by atoms with Crippen LogP contribution in [0.25, 0.3) is 0 Å². The maximum absolute atomic E-state index is 12.4. The van der Waals surface area contributed by atoms with E-state index in [1.165, 1.54) is 16.4 Å². The summed E-state index contributed by atoms with van der Waals surface area (Å²) in [6.45, 7) is 3.89. The van der Waals surface area contributed by atoms with E-state index >= 15 is 0 Å². The molecule has 7 nitrogen and oxygen atoms in total. The maximum atomic E-state index is 12.4. The SMILES string of the molecule is CCS(=O)(=O)N1CCCC(C(=O)Nc2ccc(C(=O)O)c(C)c2)C1. The van der Waals surface area contributed by atoms with Gasteiger partial charge in [-0.2, -0.15) is 0 Å². The van der Waals surface area contributed by atoms with Crippen molar-refractivity contribution in [1.29, 1.82) is 0 Å². The normalized spacial score (nSPS) is 19.0. The maximum Gasteiger partial charge on any atom is 0.335 e. The van der Waals surface area contributed by atoms with E-state index in [1.54, 1.807) is 19.9 Å². The third-order valence-corrected chi connectivity index (χ3v) is 6.09. The highest BCUT2D eigenvalue weighted by Crippen LogP contribution is 2.22. The molecule has 0 bridgehead atoms. The third-order valence-electron chi connectivity index (χ3n) is 4.24. The smallest absolute Gasteiger partial charge is 0.335 e. The molecule has 0 aromatic heterocycles. The number of aryl methyl sites for hydroxylation is 1. The van der Waals surface area contributed by atoms with Crippen molar-refractivity contribution in [2.24, 2.45) is 5.92 Å². The molecule has 1 saturated heterocycles. The van der Waals surface area contributed by atoms with E-state index in [1.807, 2.05) is 0 Å². The zero-order valence-corrected chi connectivity index (χ0v) is 14.6. The molecule has 2 rings (SSSR count). The summed E-state index contributed by atoms with van der Waals surface area (Å²) in [4.78, 5) is 23.4. The Morgan fingerprint density at radius 1 is 1.38 bits per heavy atom. The van der Waals surface area contributed by atoms with Crippen LogP contribution in [0.2, 0.25) is 0 Å². The van der Waals surface area contributed by atoms with Crippen molar-refractivity contribution >= 4 is 27.6 Å². The number of carboxylic acid groups (broad SMARTS) is 1. The predicted octanol–water partition coefficient (Wildman–Crippen LogP) is 1.69. The Morgan fingerprint density at radius 3 is 2.67 bits per heavy atom. The lowest BCUT2D eigenvalue weighted by molar-refractivity contribution is -0.120. The Bertz CT molecular complexity index is 745. The standard InChI is InChI=1S/C16H22N2O5S/c1-3-24(22,23)18-8-4-5-12(10-18)15(19)17-13-6-7-14(16(20)21)11(2)9-13/h6-7,9,12H,3-5,8,10H2,1-2H3,(H,17,19)(H,20,21). The summed E-state index contributed by atoms with van der Waals surface area (Å²) >= 11 is 0. The summed E-state index contributed by atoms with van der Waals surface area (Å²) in [6.07, 6.45) is 1.28. The first-order valence-corrected chi connectivity index (χ1v) is 9.48. The van der Waals surface area contributed by atoms with E-state index < -0.39 is 21.9 Å². The molecular weight excluding hydrogens is 332 g/mol. The van der Waals surface area contributed by atoms with Crippen LogP contribution in [0.5, 0.6) is 0 Å². The molecule has 24 heavy (non-hydrogen) atoms. The van der Waals surface area contributed by atoms with Gasteiger partial charge in [-0.3, -0.25) is 4.79 Å². The van der Waals surface area contributed by atoms with Crippen molar-refractivity contribution in [2.75, 3.05) is 24.2 Å². The molecule has 1 fully saturated rings. The molecule has 1 aromatic carbocycles.